The van der Waals surface area contributed by atoms with Crippen LogP contribution in [0.15, 0.2) is 0 Å². The molecule has 0 rings (SSSR count). The molecule has 1 heteroatoms. The van der Waals surface area contributed by atoms with E-state index in [1.54, 1.807) is 0 Å². The lowest BCUT2D eigenvalue weighted by Crippen LogP contribution is -2.14. The summed E-state index contributed by atoms with van der Waals surface area (Å²) in [4.78, 5) is 0. The monoisotopic (exact) mass is 214 g/mol. The third-order valence-corrected chi connectivity index (χ3v) is 3.23. The van der Waals surface area contributed by atoms with Crippen LogP contribution in [0, 0.1) is 11.8 Å². The summed E-state index contributed by atoms with van der Waals surface area (Å²) in [5.41, 5.74) is 0. The molecule has 0 amide bonds. The molecule has 0 spiro atoms. The average molecular weight is 214 g/mol. The molecule has 0 aromatic rings. The fraction of sp³-hybridized carbons (Fsp3) is 1.00. The quantitative estimate of drug-likeness (QED) is 0.603. The Kier molecular flexibility index (Phi) is 9.18. The van der Waals surface area contributed by atoms with Gasteiger partial charge >= 0.3 is 0 Å². The highest BCUT2D eigenvalue weighted by Gasteiger charge is 2.12. The maximum absolute atomic E-state index is 9.90. The fourth-order valence-electron chi connectivity index (χ4n) is 2.01. The highest BCUT2D eigenvalue weighted by atomic mass is 16.3. The van der Waals surface area contributed by atoms with Gasteiger partial charge in [0.1, 0.15) is 0 Å². The van der Waals surface area contributed by atoms with Crippen LogP contribution in [0.2, 0.25) is 0 Å². The summed E-state index contributed by atoms with van der Waals surface area (Å²) in [5, 5.41) is 9.90. The molecule has 0 aromatic heterocycles. The highest BCUT2D eigenvalue weighted by Crippen LogP contribution is 2.21. The largest absolute Gasteiger partial charge is 0.393 e. The molecular weight excluding hydrogens is 184 g/mol. The van der Waals surface area contributed by atoms with E-state index >= 15 is 0 Å². The van der Waals surface area contributed by atoms with Gasteiger partial charge in [0.05, 0.1) is 6.10 Å². The van der Waals surface area contributed by atoms with Gasteiger partial charge in [0, 0.05) is 0 Å². The second-order valence-electron chi connectivity index (χ2n) is 5.28. The van der Waals surface area contributed by atoms with Crippen molar-refractivity contribution in [1.82, 2.24) is 0 Å². The van der Waals surface area contributed by atoms with Crippen LogP contribution in [-0.2, 0) is 0 Å². The molecule has 0 radical (unpaired) electrons. The smallest absolute Gasteiger partial charge is 0.0543 e. The minimum absolute atomic E-state index is 0.0609. The Morgan fingerprint density at radius 2 is 1.67 bits per heavy atom. The SMILES string of the molecule is CCCCC(CC)CC(O)CCC(C)C. The first-order chi connectivity index (χ1) is 7.10. The zero-order valence-corrected chi connectivity index (χ0v) is 11.1. The van der Waals surface area contributed by atoms with Crippen molar-refractivity contribution in [1.29, 1.82) is 0 Å². The minimum Gasteiger partial charge on any atom is -0.393 e. The molecule has 0 fully saturated rings. The molecule has 0 aliphatic rings. The molecule has 0 saturated heterocycles. The summed E-state index contributed by atoms with van der Waals surface area (Å²) in [5.74, 6) is 1.46. The number of aliphatic hydroxyl groups excluding tert-OH is 1. The van der Waals surface area contributed by atoms with E-state index in [0.717, 1.165) is 31.1 Å². The maximum atomic E-state index is 9.90. The predicted molar refractivity (Wildman–Crippen MR) is 68.0 cm³/mol. The lowest BCUT2D eigenvalue weighted by Gasteiger charge is -2.19. The standard InChI is InChI=1S/C14H30O/c1-5-7-8-13(6-2)11-14(15)10-9-12(3)4/h12-15H,5-11H2,1-4H3. The van der Waals surface area contributed by atoms with Crippen LogP contribution < -0.4 is 0 Å². The molecular formula is C14H30O. The lowest BCUT2D eigenvalue weighted by molar-refractivity contribution is 0.122. The first-order valence-electron chi connectivity index (χ1n) is 6.78. The molecule has 15 heavy (non-hydrogen) atoms. The Balaban J connectivity index is 3.64. The Labute approximate surface area is 96.3 Å². The van der Waals surface area contributed by atoms with E-state index in [0.29, 0.717) is 0 Å². The van der Waals surface area contributed by atoms with E-state index < -0.39 is 0 Å². The van der Waals surface area contributed by atoms with Crippen molar-refractivity contribution in [3.05, 3.63) is 0 Å². The zero-order valence-electron chi connectivity index (χ0n) is 11.1. The Morgan fingerprint density at radius 1 is 1.00 bits per heavy atom. The summed E-state index contributed by atoms with van der Waals surface area (Å²) in [6.07, 6.45) is 8.21. The van der Waals surface area contributed by atoms with Crippen LogP contribution >= 0.6 is 0 Å². The lowest BCUT2D eigenvalue weighted by atomic mass is 9.91. The summed E-state index contributed by atoms with van der Waals surface area (Å²) in [6, 6.07) is 0. The molecule has 2 unspecified atom stereocenters. The van der Waals surface area contributed by atoms with Crippen molar-refractivity contribution in [2.45, 2.75) is 78.7 Å². The Bertz CT molecular complexity index is 131. The van der Waals surface area contributed by atoms with Crippen molar-refractivity contribution < 1.29 is 5.11 Å². The predicted octanol–water partition coefficient (Wildman–Crippen LogP) is 4.39. The van der Waals surface area contributed by atoms with E-state index in [9.17, 15) is 5.11 Å². The van der Waals surface area contributed by atoms with Crippen LogP contribution in [0.1, 0.15) is 72.6 Å². The Hall–Kier alpha value is -0.0400. The van der Waals surface area contributed by atoms with Crippen molar-refractivity contribution in [3.8, 4) is 0 Å². The third kappa shape index (κ3) is 8.92. The normalized spacial score (nSPS) is 15.6. The second kappa shape index (κ2) is 9.21. The summed E-state index contributed by atoms with van der Waals surface area (Å²) in [7, 11) is 0. The topological polar surface area (TPSA) is 20.2 Å². The molecule has 1 nitrogen and oxygen atoms in total. The number of rotatable bonds is 9. The number of hydrogen-bond donors (Lipinski definition) is 1. The van der Waals surface area contributed by atoms with E-state index in [-0.39, 0.29) is 6.10 Å². The first-order valence-corrected chi connectivity index (χ1v) is 6.78. The highest BCUT2D eigenvalue weighted by molar-refractivity contribution is 4.65. The van der Waals surface area contributed by atoms with Gasteiger partial charge in [-0.3, -0.25) is 0 Å². The molecule has 0 heterocycles. The van der Waals surface area contributed by atoms with Crippen molar-refractivity contribution in [3.63, 3.8) is 0 Å². The molecule has 0 bridgehead atoms. The number of aliphatic hydroxyl groups is 1. The van der Waals surface area contributed by atoms with Crippen LogP contribution in [0.4, 0.5) is 0 Å². The number of hydrogen-bond acceptors (Lipinski definition) is 1. The van der Waals surface area contributed by atoms with Crippen LogP contribution in [0.25, 0.3) is 0 Å². The van der Waals surface area contributed by atoms with Crippen molar-refractivity contribution in [2.24, 2.45) is 11.8 Å². The van der Waals surface area contributed by atoms with Gasteiger partial charge in [0.2, 0.25) is 0 Å². The second-order valence-corrected chi connectivity index (χ2v) is 5.28. The van der Waals surface area contributed by atoms with Gasteiger partial charge < -0.3 is 5.11 Å². The third-order valence-electron chi connectivity index (χ3n) is 3.23. The van der Waals surface area contributed by atoms with E-state index in [1.807, 2.05) is 0 Å². The fourth-order valence-corrected chi connectivity index (χ4v) is 2.01. The Morgan fingerprint density at radius 3 is 2.13 bits per heavy atom. The zero-order chi connectivity index (χ0) is 11.7. The van der Waals surface area contributed by atoms with Gasteiger partial charge in [0.25, 0.3) is 0 Å². The molecule has 2 atom stereocenters. The van der Waals surface area contributed by atoms with Crippen LogP contribution in [-0.4, -0.2) is 11.2 Å². The van der Waals surface area contributed by atoms with E-state index in [1.165, 1.54) is 25.7 Å². The van der Waals surface area contributed by atoms with Gasteiger partial charge in [-0.2, -0.15) is 0 Å². The minimum atomic E-state index is -0.0609. The van der Waals surface area contributed by atoms with Gasteiger partial charge in [-0.1, -0.05) is 53.4 Å². The van der Waals surface area contributed by atoms with Gasteiger partial charge in [-0.25, -0.2) is 0 Å². The molecule has 0 aromatic carbocycles. The summed E-state index contributed by atoms with van der Waals surface area (Å²) < 4.78 is 0. The van der Waals surface area contributed by atoms with E-state index in [2.05, 4.69) is 27.7 Å². The molecule has 0 aliphatic heterocycles. The van der Waals surface area contributed by atoms with Crippen LogP contribution in [0.3, 0.4) is 0 Å². The van der Waals surface area contributed by atoms with Gasteiger partial charge in [0.15, 0.2) is 0 Å². The first kappa shape index (κ1) is 15.0. The molecule has 0 saturated carbocycles. The maximum Gasteiger partial charge on any atom is 0.0543 e. The van der Waals surface area contributed by atoms with Crippen LogP contribution in [0.5, 0.6) is 0 Å². The molecule has 92 valence electrons. The van der Waals surface area contributed by atoms with Gasteiger partial charge in [-0.15, -0.1) is 0 Å². The molecule has 0 aliphatic carbocycles. The van der Waals surface area contributed by atoms with Crippen molar-refractivity contribution >= 4 is 0 Å². The van der Waals surface area contributed by atoms with Gasteiger partial charge in [-0.05, 0) is 31.1 Å². The molecule has 1 N–H and O–H groups in total. The summed E-state index contributed by atoms with van der Waals surface area (Å²) in [6.45, 7) is 8.93. The number of unbranched alkanes of at least 4 members (excludes halogenated alkanes) is 1. The van der Waals surface area contributed by atoms with E-state index in [4.69, 9.17) is 0 Å². The van der Waals surface area contributed by atoms with Crippen molar-refractivity contribution in [2.75, 3.05) is 0 Å². The average Bonchev–Trinajstić information content (AvgIpc) is 2.21. The summed E-state index contributed by atoms with van der Waals surface area (Å²) >= 11 is 0.